The molecule has 1 heterocycles. The van der Waals surface area contributed by atoms with Crippen molar-refractivity contribution in [1.82, 2.24) is 10.2 Å². The Hall–Kier alpha value is -3.24. The summed E-state index contributed by atoms with van der Waals surface area (Å²) in [6.45, 7) is 13.4. The standard InChI is InChI=1S/C32H38N2O2/c1-31(2,3)21-28(35-7)20-22-8-10-23(11-9-22)24-12-14-25(15-13-24)29-33-34-30(36-29)26-16-18-27(19-17-26)32(4,5)6/h8-19,28H,20-21H2,1-7H3. The van der Waals surface area contributed by atoms with Crippen LogP contribution < -0.4 is 0 Å². The maximum atomic E-state index is 5.99. The number of benzene rings is 3. The Morgan fingerprint density at radius 2 is 1.11 bits per heavy atom. The number of hydrogen-bond donors (Lipinski definition) is 0. The van der Waals surface area contributed by atoms with Crippen LogP contribution in [0.25, 0.3) is 34.0 Å². The minimum atomic E-state index is 0.110. The fourth-order valence-electron chi connectivity index (χ4n) is 4.39. The van der Waals surface area contributed by atoms with E-state index in [0.29, 0.717) is 11.8 Å². The molecule has 1 atom stereocenters. The zero-order valence-corrected chi connectivity index (χ0v) is 22.6. The first-order valence-electron chi connectivity index (χ1n) is 12.7. The van der Waals surface area contributed by atoms with E-state index in [1.807, 2.05) is 24.3 Å². The smallest absolute Gasteiger partial charge is 0.248 e. The molecule has 0 N–H and O–H groups in total. The van der Waals surface area contributed by atoms with Gasteiger partial charge in [-0.3, -0.25) is 0 Å². The SMILES string of the molecule is COC(Cc1ccc(-c2ccc(-c3nnc(-c4ccc(C(C)(C)C)cc4)o3)cc2)cc1)CC(C)(C)C. The number of nitrogens with zero attached hydrogens (tertiary/aromatic N) is 2. The van der Waals surface area contributed by atoms with Gasteiger partial charge < -0.3 is 9.15 Å². The van der Waals surface area contributed by atoms with Gasteiger partial charge in [0.2, 0.25) is 11.8 Å². The lowest BCUT2D eigenvalue weighted by Gasteiger charge is -2.25. The Morgan fingerprint density at radius 3 is 1.56 bits per heavy atom. The second-order valence-electron chi connectivity index (χ2n) is 11.8. The first kappa shape index (κ1) is 25.8. The van der Waals surface area contributed by atoms with Crippen molar-refractivity contribution in [3.8, 4) is 34.0 Å². The summed E-state index contributed by atoms with van der Waals surface area (Å²) in [7, 11) is 1.81. The summed E-state index contributed by atoms with van der Waals surface area (Å²) in [4.78, 5) is 0. The van der Waals surface area contributed by atoms with Gasteiger partial charge in [-0.2, -0.15) is 0 Å². The zero-order chi connectivity index (χ0) is 25.9. The van der Waals surface area contributed by atoms with Crippen molar-refractivity contribution in [2.75, 3.05) is 7.11 Å². The van der Waals surface area contributed by atoms with Crippen LogP contribution in [0, 0.1) is 5.41 Å². The number of methoxy groups -OCH3 is 1. The molecule has 188 valence electrons. The summed E-state index contributed by atoms with van der Waals surface area (Å²) in [6, 6.07) is 25.4. The van der Waals surface area contributed by atoms with Crippen LogP contribution in [0.4, 0.5) is 0 Å². The molecular formula is C32H38N2O2. The fraction of sp³-hybridized carbons (Fsp3) is 0.375. The van der Waals surface area contributed by atoms with E-state index in [-0.39, 0.29) is 16.9 Å². The molecule has 1 unspecified atom stereocenters. The second-order valence-corrected chi connectivity index (χ2v) is 11.8. The lowest BCUT2D eigenvalue weighted by molar-refractivity contribution is 0.0667. The van der Waals surface area contributed by atoms with Gasteiger partial charge in [-0.25, -0.2) is 0 Å². The normalized spacial score (nSPS) is 13.1. The highest BCUT2D eigenvalue weighted by molar-refractivity contribution is 5.68. The van der Waals surface area contributed by atoms with Crippen molar-refractivity contribution >= 4 is 0 Å². The molecule has 0 saturated carbocycles. The summed E-state index contributed by atoms with van der Waals surface area (Å²) >= 11 is 0. The lowest BCUT2D eigenvalue weighted by Crippen LogP contribution is -2.21. The molecule has 1 aromatic heterocycles. The number of ether oxygens (including phenoxy) is 1. The van der Waals surface area contributed by atoms with Crippen LogP contribution in [-0.2, 0) is 16.6 Å². The molecule has 0 aliphatic rings. The monoisotopic (exact) mass is 482 g/mol. The maximum Gasteiger partial charge on any atom is 0.248 e. The van der Waals surface area contributed by atoms with Gasteiger partial charge in [-0.1, -0.05) is 90.1 Å². The third kappa shape index (κ3) is 6.50. The molecular weight excluding hydrogens is 444 g/mol. The average Bonchev–Trinajstić information content (AvgIpc) is 3.33. The van der Waals surface area contributed by atoms with E-state index in [9.17, 15) is 0 Å². The molecule has 4 nitrogen and oxygen atoms in total. The van der Waals surface area contributed by atoms with Gasteiger partial charge in [0.15, 0.2) is 0 Å². The molecule has 0 bridgehead atoms. The summed E-state index contributed by atoms with van der Waals surface area (Å²) in [5, 5.41) is 8.55. The summed E-state index contributed by atoms with van der Waals surface area (Å²) in [5.41, 5.74) is 7.10. The topological polar surface area (TPSA) is 48.2 Å². The lowest BCUT2D eigenvalue weighted by atomic mass is 9.87. The highest BCUT2D eigenvalue weighted by Crippen LogP contribution is 2.29. The van der Waals surface area contributed by atoms with E-state index in [0.717, 1.165) is 29.5 Å². The van der Waals surface area contributed by atoms with Crippen molar-refractivity contribution in [2.24, 2.45) is 5.41 Å². The Morgan fingerprint density at radius 1 is 0.667 bits per heavy atom. The highest BCUT2D eigenvalue weighted by Gasteiger charge is 2.19. The van der Waals surface area contributed by atoms with E-state index in [2.05, 4.69) is 100 Å². The molecule has 0 radical (unpaired) electrons. The minimum absolute atomic E-state index is 0.110. The van der Waals surface area contributed by atoms with Crippen LogP contribution in [0.1, 0.15) is 59.1 Å². The number of rotatable bonds is 7. The molecule has 4 aromatic rings. The van der Waals surface area contributed by atoms with Crippen molar-refractivity contribution in [2.45, 2.75) is 65.9 Å². The van der Waals surface area contributed by atoms with E-state index >= 15 is 0 Å². The van der Waals surface area contributed by atoms with Crippen molar-refractivity contribution in [3.05, 3.63) is 83.9 Å². The van der Waals surface area contributed by atoms with Gasteiger partial charge in [0.1, 0.15) is 0 Å². The maximum absolute atomic E-state index is 5.99. The van der Waals surface area contributed by atoms with Crippen LogP contribution in [-0.4, -0.2) is 23.4 Å². The summed E-state index contributed by atoms with van der Waals surface area (Å²) < 4.78 is 11.7. The van der Waals surface area contributed by atoms with E-state index < -0.39 is 0 Å². The molecule has 36 heavy (non-hydrogen) atoms. The molecule has 3 aromatic carbocycles. The Bertz CT molecular complexity index is 1260. The van der Waals surface area contributed by atoms with Gasteiger partial charge >= 0.3 is 0 Å². The van der Waals surface area contributed by atoms with Crippen LogP contribution in [0.2, 0.25) is 0 Å². The Labute approximate surface area is 215 Å². The second kappa shape index (κ2) is 10.4. The average molecular weight is 483 g/mol. The van der Waals surface area contributed by atoms with Crippen LogP contribution in [0.15, 0.2) is 77.2 Å². The van der Waals surface area contributed by atoms with E-state index in [4.69, 9.17) is 9.15 Å². The van der Waals surface area contributed by atoms with Crippen LogP contribution in [0.5, 0.6) is 0 Å². The molecule has 0 saturated heterocycles. The largest absolute Gasteiger partial charge is 0.416 e. The summed E-state index contributed by atoms with van der Waals surface area (Å²) in [6.07, 6.45) is 2.18. The molecule has 0 spiro atoms. The number of hydrogen-bond acceptors (Lipinski definition) is 4. The van der Waals surface area contributed by atoms with Gasteiger partial charge in [0.05, 0.1) is 6.10 Å². The van der Waals surface area contributed by atoms with E-state index in [1.54, 1.807) is 7.11 Å². The predicted octanol–water partition coefficient (Wildman–Crippen LogP) is 8.36. The summed E-state index contributed by atoms with van der Waals surface area (Å²) in [5.74, 6) is 1.06. The van der Waals surface area contributed by atoms with Crippen LogP contribution >= 0.6 is 0 Å². The quantitative estimate of drug-likeness (QED) is 0.265. The van der Waals surface area contributed by atoms with Crippen LogP contribution in [0.3, 0.4) is 0 Å². The van der Waals surface area contributed by atoms with Crippen molar-refractivity contribution < 1.29 is 9.15 Å². The van der Waals surface area contributed by atoms with Gasteiger partial charge in [0, 0.05) is 18.2 Å². The zero-order valence-electron chi connectivity index (χ0n) is 22.6. The number of aromatic nitrogens is 2. The molecule has 0 aliphatic carbocycles. The molecule has 0 aliphatic heterocycles. The molecule has 0 amide bonds. The molecule has 4 rings (SSSR count). The minimum Gasteiger partial charge on any atom is -0.416 e. The molecule has 4 heteroatoms. The first-order chi connectivity index (χ1) is 17.0. The predicted molar refractivity (Wildman–Crippen MR) is 148 cm³/mol. The van der Waals surface area contributed by atoms with Gasteiger partial charge in [-0.05, 0) is 70.2 Å². The third-order valence-electron chi connectivity index (χ3n) is 6.48. The Kier molecular flexibility index (Phi) is 7.46. The van der Waals surface area contributed by atoms with Gasteiger partial charge in [0.25, 0.3) is 0 Å². The van der Waals surface area contributed by atoms with Crippen molar-refractivity contribution in [3.63, 3.8) is 0 Å². The highest BCUT2D eigenvalue weighted by atomic mass is 16.5. The van der Waals surface area contributed by atoms with Crippen molar-refractivity contribution in [1.29, 1.82) is 0 Å². The molecule has 0 fully saturated rings. The first-order valence-corrected chi connectivity index (χ1v) is 12.7. The van der Waals surface area contributed by atoms with E-state index in [1.165, 1.54) is 16.7 Å². The fourth-order valence-corrected chi connectivity index (χ4v) is 4.39. The Balaban J connectivity index is 1.44. The third-order valence-corrected chi connectivity index (χ3v) is 6.48. The van der Waals surface area contributed by atoms with Gasteiger partial charge in [-0.15, -0.1) is 10.2 Å².